The van der Waals surface area contributed by atoms with Crippen molar-refractivity contribution in [1.82, 2.24) is 0 Å². The molecule has 1 aromatic carbocycles. The van der Waals surface area contributed by atoms with Crippen molar-refractivity contribution in [2.24, 2.45) is 0 Å². The van der Waals surface area contributed by atoms with E-state index in [9.17, 15) is 4.55 Å². The summed E-state index contributed by atoms with van der Waals surface area (Å²) in [5.41, 5.74) is 0. The fraction of sp³-hybridized carbons (Fsp3) is 0. The van der Waals surface area contributed by atoms with E-state index in [0.29, 0.717) is 4.91 Å². The average Bonchev–Trinajstić information content (AvgIpc) is 2.05. The van der Waals surface area contributed by atoms with Crippen LogP contribution in [0, 0.1) is 6.92 Å². The summed E-state index contributed by atoms with van der Waals surface area (Å²) < 4.78 is 11.3. The molecular weight excluding hydrogens is 156 g/mol. The zero-order chi connectivity index (χ0) is 8.27. The van der Waals surface area contributed by atoms with Crippen LogP contribution < -0.4 is 0 Å². The lowest BCUT2D eigenvalue weighted by atomic mass is 10.4. The zero-order valence-corrected chi connectivity index (χ0v) is 6.93. The Kier molecular flexibility index (Phi) is 2.74. The Morgan fingerprint density at radius 3 is 2.27 bits per heavy atom. The van der Waals surface area contributed by atoms with Crippen molar-refractivity contribution < 1.29 is 4.55 Å². The van der Waals surface area contributed by atoms with Gasteiger partial charge in [0.15, 0.2) is 4.90 Å². The van der Waals surface area contributed by atoms with Crippen LogP contribution in [-0.2, 0) is 11.2 Å². The highest BCUT2D eigenvalue weighted by molar-refractivity contribution is 7.95. The average molecular weight is 165 g/mol. The summed E-state index contributed by atoms with van der Waals surface area (Å²) in [4.78, 5) is 1.20. The van der Waals surface area contributed by atoms with Gasteiger partial charge in [0, 0.05) is 18.1 Å². The van der Waals surface area contributed by atoms with Gasteiger partial charge in [-0.2, -0.15) is 0 Å². The number of hydrogen-bond donors (Lipinski definition) is 0. The SMILES string of the molecule is [CH2]C(=C)[S+]([O-])c1ccccc1. The van der Waals surface area contributed by atoms with Crippen LogP contribution in [0.4, 0.5) is 0 Å². The largest absolute Gasteiger partial charge is 0.607 e. The van der Waals surface area contributed by atoms with Crippen molar-refractivity contribution in [3.05, 3.63) is 48.7 Å². The van der Waals surface area contributed by atoms with Crippen LogP contribution >= 0.6 is 0 Å². The van der Waals surface area contributed by atoms with Crippen molar-refractivity contribution in [2.45, 2.75) is 4.90 Å². The smallest absolute Gasteiger partial charge is 0.158 e. The maximum Gasteiger partial charge on any atom is 0.158 e. The highest BCUT2D eigenvalue weighted by Gasteiger charge is 2.09. The Balaban J connectivity index is 2.85. The van der Waals surface area contributed by atoms with E-state index in [1.54, 1.807) is 12.1 Å². The predicted octanol–water partition coefficient (Wildman–Crippen LogP) is 2.14. The van der Waals surface area contributed by atoms with Gasteiger partial charge in [-0.25, -0.2) is 0 Å². The zero-order valence-electron chi connectivity index (χ0n) is 6.12. The topological polar surface area (TPSA) is 23.1 Å². The molecule has 0 spiro atoms. The molecule has 1 atom stereocenters. The third-order valence-corrected chi connectivity index (χ3v) is 2.44. The highest BCUT2D eigenvalue weighted by Crippen LogP contribution is 2.15. The molecule has 0 heterocycles. The second-order valence-electron chi connectivity index (χ2n) is 2.12. The molecule has 57 valence electrons. The summed E-state index contributed by atoms with van der Waals surface area (Å²) in [6.07, 6.45) is 0. The van der Waals surface area contributed by atoms with Gasteiger partial charge in [-0.3, -0.25) is 0 Å². The van der Waals surface area contributed by atoms with Gasteiger partial charge in [0.05, 0.1) is 0 Å². The van der Waals surface area contributed by atoms with E-state index in [1.165, 1.54) is 0 Å². The lowest BCUT2D eigenvalue weighted by molar-refractivity contribution is 0.602. The minimum atomic E-state index is -1.14. The first-order valence-electron chi connectivity index (χ1n) is 3.19. The Bertz CT molecular complexity index is 243. The van der Waals surface area contributed by atoms with Crippen molar-refractivity contribution in [1.29, 1.82) is 0 Å². The van der Waals surface area contributed by atoms with E-state index in [4.69, 9.17) is 0 Å². The lowest BCUT2D eigenvalue weighted by Gasteiger charge is -2.07. The van der Waals surface area contributed by atoms with E-state index >= 15 is 0 Å². The molecule has 0 bridgehead atoms. The first-order chi connectivity index (χ1) is 5.22. The molecule has 1 nitrogen and oxygen atoms in total. The second kappa shape index (κ2) is 3.60. The summed E-state index contributed by atoms with van der Waals surface area (Å²) in [5.74, 6) is 0. The third-order valence-electron chi connectivity index (χ3n) is 1.22. The van der Waals surface area contributed by atoms with Crippen LogP contribution in [0.3, 0.4) is 0 Å². The summed E-state index contributed by atoms with van der Waals surface area (Å²) in [7, 11) is 0. The van der Waals surface area contributed by atoms with Gasteiger partial charge in [-0.05, 0) is 18.7 Å². The minimum Gasteiger partial charge on any atom is -0.607 e. The van der Waals surface area contributed by atoms with E-state index < -0.39 is 11.2 Å². The van der Waals surface area contributed by atoms with Gasteiger partial charge in [0.2, 0.25) is 0 Å². The predicted molar refractivity (Wildman–Crippen MR) is 47.3 cm³/mol. The van der Waals surface area contributed by atoms with Crippen molar-refractivity contribution in [3.63, 3.8) is 0 Å². The number of hydrogen-bond acceptors (Lipinski definition) is 1. The van der Waals surface area contributed by atoms with Crippen molar-refractivity contribution in [3.8, 4) is 0 Å². The van der Waals surface area contributed by atoms with Crippen LogP contribution in [-0.4, -0.2) is 4.55 Å². The monoisotopic (exact) mass is 165 g/mol. The third kappa shape index (κ3) is 2.10. The molecule has 0 N–H and O–H groups in total. The van der Waals surface area contributed by atoms with Gasteiger partial charge in [0.25, 0.3) is 0 Å². The first-order valence-corrected chi connectivity index (χ1v) is 4.34. The molecule has 2 heteroatoms. The first kappa shape index (κ1) is 8.37. The quantitative estimate of drug-likeness (QED) is 0.616. The lowest BCUT2D eigenvalue weighted by Crippen LogP contribution is -2.00. The van der Waals surface area contributed by atoms with Crippen molar-refractivity contribution in [2.75, 3.05) is 0 Å². The van der Waals surface area contributed by atoms with E-state index in [2.05, 4.69) is 13.5 Å². The molecule has 0 aliphatic rings. The van der Waals surface area contributed by atoms with Crippen LogP contribution in [0.5, 0.6) is 0 Å². The Labute approximate surface area is 69.9 Å². The normalized spacial score (nSPS) is 12.5. The summed E-state index contributed by atoms with van der Waals surface area (Å²) >= 11 is -1.14. The van der Waals surface area contributed by atoms with Crippen LogP contribution in [0.15, 0.2) is 46.7 Å². The maximum atomic E-state index is 11.3. The standard InChI is InChI=1S/C9H9OS/c1-8(2)11(10)9-6-4-3-5-7-9/h3-7H,1-2H2. The summed E-state index contributed by atoms with van der Waals surface area (Å²) in [6, 6.07) is 9.16. The van der Waals surface area contributed by atoms with E-state index in [1.807, 2.05) is 18.2 Å². The molecule has 11 heavy (non-hydrogen) atoms. The van der Waals surface area contributed by atoms with Crippen LogP contribution in [0.25, 0.3) is 0 Å². The van der Waals surface area contributed by atoms with Crippen LogP contribution in [0.1, 0.15) is 0 Å². The molecule has 0 aliphatic heterocycles. The van der Waals surface area contributed by atoms with Crippen molar-refractivity contribution >= 4 is 11.2 Å². The number of allylic oxidation sites excluding steroid dienone is 1. The molecule has 0 saturated carbocycles. The Morgan fingerprint density at radius 1 is 1.27 bits per heavy atom. The Morgan fingerprint density at radius 2 is 1.82 bits per heavy atom. The van der Waals surface area contributed by atoms with E-state index in [0.717, 1.165) is 4.90 Å². The number of rotatable bonds is 2. The molecule has 1 radical (unpaired) electrons. The minimum absolute atomic E-state index is 0.441. The Hall–Kier alpha value is -0.730. The van der Waals surface area contributed by atoms with Gasteiger partial charge in [0.1, 0.15) is 4.91 Å². The highest BCUT2D eigenvalue weighted by atomic mass is 32.2. The maximum absolute atomic E-state index is 11.3. The molecule has 0 saturated heterocycles. The molecule has 0 fully saturated rings. The molecule has 1 rings (SSSR count). The molecule has 0 aromatic heterocycles. The summed E-state index contributed by atoms with van der Waals surface area (Å²) in [5, 5.41) is 0. The molecule has 0 aliphatic carbocycles. The van der Waals surface area contributed by atoms with Gasteiger partial charge in [-0.15, -0.1) is 0 Å². The van der Waals surface area contributed by atoms with Gasteiger partial charge < -0.3 is 4.55 Å². The number of benzene rings is 1. The van der Waals surface area contributed by atoms with Gasteiger partial charge >= 0.3 is 0 Å². The fourth-order valence-corrected chi connectivity index (χ4v) is 1.45. The second-order valence-corrected chi connectivity index (χ2v) is 3.71. The molecule has 1 unspecified atom stereocenters. The van der Waals surface area contributed by atoms with Crippen LogP contribution in [0.2, 0.25) is 0 Å². The molecule has 1 aromatic rings. The fourth-order valence-electron chi connectivity index (χ4n) is 0.711. The van der Waals surface area contributed by atoms with E-state index in [-0.39, 0.29) is 0 Å². The molecule has 0 amide bonds. The van der Waals surface area contributed by atoms with Gasteiger partial charge in [-0.1, -0.05) is 18.2 Å². The summed E-state index contributed by atoms with van der Waals surface area (Å²) in [6.45, 7) is 7.04. The molecular formula is C9H9OS.